The zero-order valence-electron chi connectivity index (χ0n) is 8.14. The molecule has 1 nitrogen and oxygen atoms in total. The number of hydrogen-bond donors (Lipinski definition) is 0. The van der Waals surface area contributed by atoms with Gasteiger partial charge in [0.1, 0.15) is 0 Å². The van der Waals surface area contributed by atoms with Crippen LogP contribution in [0.2, 0.25) is 0 Å². The second-order valence-electron chi connectivity index (χ2n) is 3.18. The van der Waals surface area contributed by atoms with E-state index in [9.17, 15) is 4.79 Å². The van der Waals surface area contributed by atoms with Gasteiger partial charge in [-0.2, -0.15) is 0 Å². The largest absolute Gasteiger partial charge is 0.288 e. The molecular weight excluding hydrogens is 547 g/mol. The summed E-state index contributed by atoms with van der Waals surface area (Å²) in [5.41, 5.74) is 0.687. The number of thiophene rings is 1. The van der Waals surface area contributed by atoms with Crippen molar-refractivity contribution in [2.45, 2.75) is 0 Å². The summed E-state index contributed by atoms with van der Waals surface area (Å²) in [7, 11) is 0. The SMILES string of the molecule is O=C(c1cc(I)ccc1Br)c1scc(Br)c1Br. The van der Waals surface area contributed by atoms with Crippen LogP contribution in [0, 0.1) is 3.57 Å². The molecule has 0 N–H and O–H groups in total. The number of ketones is 1. The van der Waals surface area contributed by atoms with Crippen LogP contribution in [0.4, 0.5) is 0 Å². The molecule has 88 valence electrons. The lowest BCUT2D eigenvalue weighted by molar-refractivity contribution is 0.104. The molecule has 1 aromatic carbocycles. The van der Waals surface area contributed by atoms with Gasteiger partial charge < -0.3 is 0 Å². The highest BCUT2D eigenvalue weighted by Gasteiger charge is 2.19. The van der Waals surface area contributed by atoms with Crippen molar-refractivity contribution in [1.82, 2.24) is 0 Å². The minimum absolute atomic E-state index is 0.0259. The summed E-state index contributed by atoms with van der Waals surface area (Å²) in [6.45, 7) is 0. The lowest BCUT2D eigenvalue weighted by Gasteiger charge is -2.03. The minimum Gasteiger partial charge on any atom is -0.288 e. The van der Waals surface area contributed by atoms with Crippen LogP contribution in [0.1, 0.15) is 15.2 Å². The van der Waals surface area contributed by atoms with Crippen molar-refractivity contribution in [2.75, 3.05) is 0 Å². The van der Waals surface area contributed by atoms with Crippen LogP contribution < -0.4 is 0 Å². The topological polar surface area (TPSA) is 17.1 Å². The molecule has 2 rings (SSSR count). The van der Waals surface area contributed by atoms with Gasteiger partial charge in [0.05, 0.1) is 9.35 Å². The van der Waals surface area contributed by atoms with E-state index in [1.807, 2.05) is 23.6 Å². The first-order valence-electron chi connectivity index (χ1n) is 4.43. The third-order valence-corrected chi connectivity index (χ3v) is 6.96. The molecule has 0 amide bonds. The van der Waals surface area contributed by atoms with E-state index in [0.717, 1.165) is 17.0 Å². The smallest absolute Gasteiger partial charge is 0.205 e. The summed E-state index contributed by atoms with van der Waals surface area (Å²) in [6.07, 6.45) is 0. The zero-order chi connectivity index (χ0) is 12.6. The van der Waals surface area contributed by atoms with Gasteiger partial charge in [-0.3, -0.25) is 4.79 Å². The van der Waals surface area contributed by atoms with Crippen molar-refractivity contribution >= 4 is 87.5 Å². The lowest BCUT2D eigenvalue weighted by atomic mass is 10.1. The fourth-order valence-corrected chi connectivity index (χ4v) is 4.29. The van der Waals surface area contributed by atoms with E-state index in [-0.39, 0.29) is 5.78 Å². The lowest BCUT2D eigenvalue weighted by Crippen LogP contribution is -2.01. The Bertz CT molecular complexity index is 594. The Hall–Kier alpha value is 0.760. The van der Waals surface area contributed by atoms with Crippen LogP contribution in [-0.2, 0) is 0 Å². The molecule has 0 aliphatic carbocycles. The molecule has 17 heavy (non-hydrogen) atoms. The maximum atomic E-state index is 12.4. The van der Waals surface area contributed by atoms with Gasteiger partial charge in [-0.1, -0.05) is 15.9 Å². The first kappa shape index (κ1) is 14.2. The number of hydrogen-bond acceptors (Lipinski definition) is 2. The summed E-state index contributed by atoms with van der Waals surface area (Å²) in [5, 5.41) is 1.90. The molecule has 1 aromatic heterocycles. The van der Waals surface area contributed by atoms with Crippen molar-refractivity contribution < 1.29 is 4.79 Å². The van der Waals surface area contributed by atoms with Crippen molar-refractivity contribution in [1.29, 1.82) is 0 Å². The van der Waals surface area contributed by atoms with E-state index in [1.165, 1.54) is 11.3 Å². The van der Waals surface area contributed by atoms with Gasteiger partial charge in [-0.15, -0.1) is 11.3 Å². The molecule has 0 radical (unpaired) electrons. The van der Waals surface area contributed by atoms with Crippen LogP contribution in [0.15, 0.2) is 37.0 Å². The van der Waals surface area contributed by atoms with E-state index in [4.69, 9.17) is 0 Å². The molecular formula is C11H4Br3IOS. The third-order valence-electron chi connectivity index (χ3n) is 2.07. The molecule has 0 aliphatic rings. The maximum absolute atomic E-state index is 12.4. The van der Waals surface area contributed by atoms with Gasteiger partial charge >= 0.3 is 0 Å². The summed E-state index contributed by atoms with van der Waals surface area (Å²) < 4.78 is 3.59. The van der Waals surface area contributed by atoms with Crippen LogP contribution in [0.25, 0.3) is 0 Å². The molecule has 0 saturated heterocycles. The predicted octanol–water partition coefficient (Wildman–Crippen LogP) is 5.87. The van der Waals surface area contributed by atoms with E-state index >= 15 is 0 Å². The first-order valence-corrected chi connectivity index (χ1v) is 8.76. The summed E-state index contributed by atoms with van der Waals surface area (Å²) >= 11 is 13.8. The summed E-state index contributed by atoms with van der Waals surface area (Å²) in [4.78, 5) is 13.1. The van der Waals surface area contributed by atoms with Crippen molar-refractivity contribution in [3.05, 3.63) is 51.0 Å². The average molecular weight is 551 g/mol. The molecule has 0 aliphatic heterocycles. The van der Waals surface area contributed by atoms with Gasteiger partial charge in [0.15, 0.2) is 0 Å². The molecule has 1 heterocycles. The van der Waals surface area contributed by atoms with Crippen molar-refractivity contribution in [2.24, 2.45) is 0 Å². The fourth-order valence-electron chi connectivity index (χ4n) is 1.27. The Morgan fingerprint density at radius 1 is 1.18 bits per heavy atom. The number of carbonyl (C=O) groups excluding carboxylic acids is 1. The van der Waals surface area contributed by atoms with E-state index < -0.39 is 0 Å². The highest BCUT2D eigenvalue weighted by atomic mass is 127. The second-order valence-corrected chi connectivity index (χ2v) is 7.81. The number of rotatable bonds is 2. The van der Waals surface area contributed by atoms with Gasteiger partial charge in [-0.05, 0) is 72.6 Å². The number of carbonyl (C=O) groups is 1. The van der Waals surface area contributed by atoms with Gasteiger partial charge in [0.25, 0.3) is 0 Å². The Labute approximate surface area is 142 Å². The average Bonchev–Trinajstić information content (AvgIpc) is 2.62. The number of benzene rings is 1. The second kappa shape index (κ2) is 5.81. The van der Waals surface area contributed by atoms with Crippen LogP contribution in [-0.4, -0.2) is 5.78 Å². The first-order chi connectivity index (χ1) is 8.00. The number of halogens is 4. The standard InChI is InChI=1S/C11H4Br3IOS/c12-7-2-1-5(15)3-6(7)10(16)11-9(14)8(13)4-17-11/h1-4H. The highest BCUT2D eigenvalue weighted by molar-refractivity contribution is 14.1. The van der Waals surface area contributed by atoms with Crippen LogP contribution >= 0.6 is 81.7 Å². The van der Waals surface area contributed by atoms with Crippen LogP contribution in [0.5, 0.6) is 0 Å². The predicted molar refractivity (Wildman–Crippen MR) is 90.0 cm³/mol. The normalized spacial score (nSPS) is 10.6. The highest BCUT2D eigenvalue weighted by Crippen LogP contribution is 2.35. The van der Waals surface area contributed by atoms with Crippen molar-refractivity contribution in [3.8, 4) is 0 Å². The van der Waals surface area contributed by atoms with Crippen LogP contribution in [0.3, 0.4) is 0 Å². The molecule has 0 saturated carbocycles. The monoisotopic (exact) mass is 548 g/mol. The molecule has 0 unspecified atom stereocenters. The Morgan fingerprint density at radius 2 is 1.88 bits per heavy atom. The zero-order valence-corrected chi connectivity index (χ0v) is 15.9. The molecule has 0 atom stereocenters. The quantitative estimate of drug-likeness (QED) is 0.338. The maximum Gasteiger partial charge on any atom is 0.205 e. The molecule has 6 heteroatoms. The third kappa shape index (κ3) is 3.02. The summed E-state index contributed by atoms with van der Waals surface area (Å²) in [6, 6.07) is 5.74. The van der Waals surface area contributed by atoms with Gasteiger partial charge in [0.2, 0.25) is 5.78 Å². The Kier molecular flexibility index (Phi) is 4.85. The van der Waals surface area contributed by atoms with Crippen molar-refractivity contribution in [3.63, 3.8) is 0 Å². The van der Waals surface area contributed by atoms with E-state index in [2.05, 4.69) is 70.4 Å². The summed E-state index contributed by atoms with van der Waals surface area (Å²) in [5.74, 6) is 0.0259. The minimum atomic E-state index is 0.0259. The molecule has 0 spiro atoms. The molecule has 2 aromatic rings. The van der Waals surface area contributed by atoms with E-state index in [1.54, 1.807) is 0 Å². The fraction of sp³-hybridized carbons (Fsp3) is 0. The molecule has 0 bridgehead atoms. The van der Waals surface area contributed by atoms with Gasteiger partial charge in [-0.25, -0.2) is 0 Å². The Balaban J connectivity index is 2.51. The molecule has 0 fully saturated rings. The van der Waals surface area contributed by atoms with Gasteiger partial charge in [0, 0.05) is 23.5 Å². The van der Waals surface area contributed by atoms with E-state index in [0.29, 0.717) is 10.4 Å². The Morgan fingerprint density at radius 3 is 2.47 bits per heavy atom.